The quantitative estimate of drug-likeness (QED) is 0.787. The van der Waals surface area contributed by atoms with Crippen LogP contribution in [0, 0.1) is 6.92 Å². The minimum Gasteiger partial charge on any atom is -0.358 e. The molecule has 5 nitrogen and oxygen atoms in total. The van der Waals surface area contributed by atoms with Gasteiger partial charge in [0.25, 0.3) is 0 Å². The fraction of sp³-hybridized carbons (Fsp3) is 0.333. The van der Waals surface area contributed by atoms with Crippen LogP contribution in [0.3, 0.4) is 0 Å². The highest BCUT2D eigenvalue weighted by molar-refractivity contribution is 7.20. The Morgan fingerprint density at radius 3 is 2.71 bits per heavy atom. The van der Waals surface area contributed by atoms with Crippen molar-refractivity contribution in [3.8, 4) is 0 Å². The van der Waals surface area contributed by atoms with E-state index in [1.165, 1.54) is 5.56 Å². The molecule has 1 N–H and O–H groups in total. The van der Waals surface area contributed by atoms with E-state index in [9.17, 15) is 0 Å². The number of nitrogens with one attached hydrogen (secondary N) is 1. The topological polar surface area (TPSA) is 45.5 Å². The molecule has 1 unspecified atom stereocenters. The number of aromatic nitrogens is 3. The standard InChI is InChI=1S/C15H19N5S/c1-11-10-20-15(17-11)21-14(18-20)16-9-13(19(2)3)12-7-5-4-6-8-12/h4-8,10,13H,9H2,1-3H3,(H,16,18). The van der Waals surface area contributed by atoms with Gasteiger partial charge in [-0.2, -0.15) is 0 Å². The molecule has 0 aliphatic rings. The third kappa shape index (κ3) is 3.06. The van der Waals surface area contributed by atoms with E-state index in [-0.39, 0.29) is 0 Å². The Kier molecular flexibility index (Phi) is 3.90. The first kappa shape index (κ1) is 14.0. The molecule has 6 heteroatoms. The van der Waals surface area contributed by atoms with Crippen molar-refractivity contribution in [2.24, 2.45) is 0 Å². The summed E-state index contributed by atoms with van der Waals surface area (Å²) in [5.74, 6) is 0. The van der Waals surface area contributed by atoms with Gasteiger partial charge in [-0.3, -0.25) is 0 Å². The summed E-state index contributed by atoms with van der Waals surface area (Å²) in [5, 5.41) is 8.83. The number of imidazole rings is 1. The van der Waals surface area contributed by atoms with Crippen LogP contribution in [-0.4, -0.2) is 40.1 Å². The van der Waals surface area contributed by atoms with Crippen LogP contribution in [0.1, 0.15) is 17.3 Å². The fourth-order valence-corrected chi connectivity index (χ4v) is 3.17. The van der Waals surface area contributed by atoms with Crippen LogP contribution in [0.5, 0.6) is 0 Å². The SMILES string of the molecule is Cc1cn2nc(NCC(c3ccccc3)N(C)C)sc2n1. The van der Waals surface area contributed by atoms with E-state index in [4.69, 9.17) is 0 Å². The van der Waals surface area contributed by atoms with Gasteiger partial charge in [0.2, 0.25) is 10.1 Å². The Bertz CT molecular complexity index is 685. The molecule has 3 aromatic rings. The molecule has 0 fully saturated rings. The Morgan fingerprint density at radius 1 is 1.29 bits per heavy atom. The molecule has 0 saturated carbocycles. The lowest BCUT2D eigenvalue weighted by molar-refractivity contribution is 0.312. The monoisotopic (exact) mass is 301 g/mol. The number of hydrogen-bond acceptors (Lipinski definition) is 5. The number of nitrogens with zero attached hydrogens (tertiary/aromatic N) is 4. The number of anilines is 1. The molecule has 110 valence electrons. The summed E-state index contributed by atoms with van der Waals surface area (Å²) in [6.45, 7) is 2.79. The lowest BCUT2D eigenvalue weighted by atomic mass is 10.1. The lowest BCUT2D eigenvalue weighted by Crippen LogP contribution is -2.26. The normalized spacial score (nSPS) is 13.0. The van der Waals surface area contributed by atoms with E-state index in [2.05, 4.69) is 58.7 Å². The molecule has 0 saturated heterocycles. The Hall–Kier alpha value is -1.92. The van der Waals surface area contributed by atoms with Crippen molar-refractivity contribution in [2.75, 3.05) is 26.0 Å². The molecule has 2 aromatic heterocycles. The number of benzene rings is 1. The number of likely N-dealkylation sites (N-methyl/N-ethyl adjacent to an activating group) is 1. The van der Waals surface area contributed by atoms with Crippen LogP contribution in [0.25, 0.3) is 4.96 Å². The van der Waals surface area contributed by atoms with E-state index < -0.39 is 0 Å². The molecule has 0 aliphatic carbocycles. The van der Waals surface area contributed by atoms with Crippen molar-refractivity contribution in [1.29, 1.82) is 0 Å². The van der Waals surface area contributed by atoms with Gasteiger partial charge in [-0.1, -0.05) is 41.7 Å². The average molecular weight is 301 g/mol. The second-order valence-electron chi connectivity index (χ2n) is 5.29. The van der Waals surface area contributed by atoms with Crippen molar-refractivity contribution in [3.63, 3.8) is 0 Å². The van der Waals surface area contributed by atoms with Gasteiger partial charge in [-0.25, -0.2) is 9.50 Å². The Balaban J connectivity index is 1.73. The van der Waals surface area contributed by atoms with Crippen molar-refractivity contribution in [2.45, 2.75) is 13.0 Å². The average Bonchev–Trinajstić information content (AvgIpc) is 2.96. The summed E-state index contributed by atoms with van der Waals surface area (Å²) in [7, 11) is 4.19. The van der Waals surface area contributed by atoms with E-state index in [1.807, 2.05) is 23.7 Å². The second kappa shape index (κ2) is 5.83. The molecule has 2 heterocycles. The zero-order valence-corrected chi connectivity index (χ0v) is 13.3. The number of fused-ring (bicyclic) bond motifs is 1. The van der Waals surface area contributed by atoms with Crippen LogP contribution < -0.4 is 5.32 Å². The largest absolute Gasteiger partial charge is 0.358 e. The first-order valence-corrected chi connectivity index (χ1v) is 7.73. The van der Waals surface area contributed by atoms with Crippen LogP contribution in [0.4, 0.5) is 5.13 Å². The number of aryl methyl sites for hydroxylation is 1. The summed E-state index contributed by atoms with van der Waals surface area (Å²) in [4.78, 5) is 7.56. The van der Waals surface area contributed by atoms with Crippen molar-refractivity contribution in [3.05, 3.63) is 47.8 Å². The first-order chi connectivity index (χ1) is 10.1. The molecule has 1 atom stereocenters. The number of hydrogen-bond donors (Lipinski definition) is 1. The van der Waals surface area contributed by atoms with Crippen molar-refractivity contribution >= 4 is 21.4 Å². The van der Waals surface area contributed by atoms with Gasteiger partial charge >= 0.3 is 0 Å². The molecule has 0 amide bonds. The second-order valence-corrected chi connectivity index (χ2v) is 6.24. The van der Waals surface area contributed by atoms with Gasteiger partial charge in [0.05, 0.1) is 17.9 Å². The van der Waals surface area contributed by atoms with Crippen molar-refractivity contribution in [1.82, 2.24) is 19.5 Å². The Labute approximate surface area is 128 Å². The third-order valence-corrected chi connectivity index (χ3v) is 4.30. The molecule has 0 spiro atoms. The summed E-state index contributed by atoms with van der Waals surface area (Å²) < 4.78 is 1.83. The minimum absolute atomic E-state index is 0.309. The van der Waals surface area contributed by atoms with Crippen LogP contribution in [-0.2, 0) is 0 Å². The number of rotatable bonds is 5. The zero-order chi connectivity index (χ0) is 14.8. The Morgan fingerprint density at radius 2 is 2.05 bits per heavy atom. The van der Waals surface area contributed by atoms with E-state index in [1.54, 1.807) is 11.3 Å². The van der Waals surface area contributed by atoms with E-state index in [0.29, 0.717) is 6.04 Å². The smallest absolute Gasteiger partial charge is 0.214 e. The maximum Gasteiger partial charge on any atom is 0.214 e. The minimum atomic E-state index is 0.309. The van der Waals surface area contributed by atoms with Gasteiger partial charge in [0.15, 0.2) is 0 Å². The van der Waals surface area contributed by atoms with Crippen molar-refractivity contribution < 1.29 is 0 Å². The maximum absolute atomic E-state index is 4.50. The predicted molar refractivity (Wildman–Crippen MR) is 87.0 cm³/mol. The molecule has 3 rings (SSSR count). The summed E-state index contributed by atoms with van der Waals surface area (Å²) in [6, 6.07) is 10.8. The molecular weight excluding hydrogens is 282 g/mol. The van der Waals surface area contributed by atoms with Gasteiger partial charge in [0.1, 0.15) is 0 Å². The molecule has 1 aromatic carbocycles. The molecule has 0 radical (unpaired) electrons. The van der Waals surface area contributed by atoms with Crippen LogP contribution >= 0.6 is 11.3 Å². The van der Waals surface area contributed by atoms with Crippen LogP contribution in [0.15, 0.2) is 36.5 Å². The molecule has 0 aliphatic heterocycles. The van der Waals surface area contributed by atoms with E-state index in [0.717, 1.165) is 22.3 Å². The van der Waals surface area contributed by atoms with Crippen LogP contribution in [0.2, 0.25) is 0 Å². The van der Waals surface area contributed by atoms with Gasteiger partial charge < -0.3 is 10.2 Å². The predicted octanol–water partition coefficient (Wildman–Crippen LogP) is 2.81. The third-order valence-electron chi connectivity index (χ3n) is 3.42. The van der Waals surface area contributed by atoms with Gasteiger partial charge in [-0.15, -0.1) is 5.10 Å². The van der Waals surface area contributed by atoms with Gasteiger partial charge in [-0.05, 0) is 26.6 Å². The summed E-state index contributed by atoms with van der Waals surface area (Å²) in [5.41, 5.74) is 2.29. The first-order valence-electron chi connectivity index (χ1n) is 6.91. The summed E-state index contributed by atoms with van der Waals surface area (Å²) >= 11 is 1.58. The maximum atomic E-state index is 4.50. The van der Waals surface area contributed by atoms with Gasteiger partial charge in [0, 0.05) is 6.54 Å². The summed E-state index contributed by atoms with van der Waals surface area (Å²) in [6.07, 6.45) is 1.94. The highest BCUT2D eigenvalue weighted by atomic mass is 32.1. The molecule has 0 bridgehead atoms. The van der Waals surface area contributed by atoms with E-state index >= 15 is 0 Å². The zero-order valence-electron chi connectivity index (χ0n) is 12.4. The highest BCUT2D eigenvalue weighted by Gasteiger charge is 2.14. The fourth-order valence-electron chi connectivity index (χ4n) is 2.34. The molecule has 21 heavy (non-hydrogen) atoms. The lowest BCUT2D eigenvalue weighted by Gasteiger charge is -2.24. The highest BCUT2D eigenvalue weighted by Crippen LogP contribution is 2.22. The molecular formula is C15H19N5S.